The van der Waals surface area contributed by atoms with Gasteiger partial charge in [0.25, 0.3) is 0 Å². The fraction of sp³-hybridized carbons (Fsp3) is 0.467. The molecule has 1 aromatic carbocycles. The molecule has 0 fully saturated rings. The van der Waals surface area contributed by atoms with Gasteiger partial charge in [-0.25, -0.2) is 0 Å². The second-order valence-electron chi connectivity index (χ2n) is 4.40. The molecular formula is C15H19N3. The number of hydrogen-bond donors (Lipinski definition) is 1. The Morgan fingerprint density at radius 3 is 2.17 bits per heavy atom. The number of benzene rings is 1. The molecule has 0 bridgehead atoms. The van der Waals surface area contributed by atoms with Crippen LogP contribution < -0.4 is 5.32 Å². The van der Waals surface area contributed by atoms with E-state index < -0.39 is 0 Å². The number of nitrogens with one attached hydrogen (secondary N) is 1. The van der Waals surface area contributed by atoms with Crippen molar-refractivity contribution in [3.05, 3.63) is 29.3 Å². The van der Waals surface area contributed by atoms with Gasteiger partial charge in [-0.2, -0.15) is 10.5 Å². The average Bonchev–Trinajstić information content (AvgIpc) is 2.39. The van der Waals surface area contributed by atoms with Gasteiger partial charge in [-0.15, -0.1) is 0 Å². The third-order valence-corrected chi connectivity index (χ3v) is 2.91. The van der Waals surface area contributed by atoms with E-state index in [0.29, 0.717) is 17.2 Å². The Morgan fingerprint density at radius 1 is 1.06 bits per heavy atom. The van der Waals surface area contributed by atoms with Gasteiger partial charge in [0.05, 0.1) is 11.1 Å². The van der Waals surface area contributed by atoms with Gasteiger partial charge in [-0.05, 0) is 31.0 Å². The van der Waals surface area contributed by atoms with Crippen LogP contribution in [-0.4, -0.2) is 6.04 Å². The summed E-state index contributed by atoms with van der Waals surface area (Å²) in [4.78, 5) is 0. The summed E-state index contributed by atoms with van der Waals surface area (Å²) in [5.74, 6) is 0. The molecule has 1 rings (SSSR count). The fourth-order valence-corrected chi connectivity index (χ4v) is 2.05. The highest BCUT2D eigenvalue weighted by Gasteiger charge is 2.08. The molecule has 18 heavy (non-hydrogen) atoms. The van der Waals surface area contributed by atoms with Gasteiger partial charge in [0.15, 0.2) is 0 Å². The van der Waals surface area contributed by atoms with Gasteiger partial charge in [0.2, 0.25) is 0 Å². The van der Waals surface area contributed by atoms with E-state index in [1.807, 2.05) is 12.1 Å². The van der Waals surface area contributed by atoms with Crippen molar-refractivity contribution in [3.63, 3.8) is 0 Å². The monoisotopic (exact) mass is 241 g/mol. The van der Waals surface area contributed by atoms with Crippen LogP contribution in [0.25, 0.3) is 0 Å². The number of hydrogen-bond acceptors (Lipinski definition) is 3. The average molecular weight is 241 g/mol. The molecule has 0 amide bonds. The molecule has 0 unspecified atom stereocenters. The van der Waals surface area contributed by atoms with Gasteiger partial charge < -0.3 is 5.32 Å². The summed E-state index contributed by atoms with van der Waals surface area (Å²) in [6.07, 6.45) is 4.52. The lowest BCUT2D eigenvalue weighted by atomic mass is 10.0. The minimum Gasteiger partial charge on any atom is -0.382 e. The summed E-state index contributed by atoms with van der Waals surface area (Å²) in [5, 5.41) is 21.3. The zero-order chi connectivity index (χ0) is 13.4. The van der Waals surface area contributed by atoms with E-state index in [0.717, 1.165) is 31.4 Å². The third-order valence-electron chi connectivity index (χ3n) is 2.91. The SMILES string of the molecule is CCCC(CCC)Nc1ccc(C#N)c(C#N)c1. The van der Waals surface area contributed by atoms with E-state index in [2.05, 4.69) is 25.2 Å². The van der Waals surface area contributed by atoms with Crippen LogP contribution >= 0.6 is 0 Å². The molecule has 94 valence electrons. The molecule has 1 aromatic rings. The molecule has 0 saturated heterocycles. The largest absolute Gasteiger partial charge is 0.382 e. The van der Waals surface area contributed by atoms with Gasteiger partial charge >= 0.3 is 0 Å². The Labute approximate surface area is 109 Å². The van der Waals surface area contributed by atoms with Crippen molar-refractivity contribution < 1.29 is 0 Å². The van der Waals surface area contributed by atoms with Crippen molar-refractivity contribution in [3.8, 4) is 12.1 Å². The molecular weight excluding hydrogens is 222 g/mol. The van der Waals surface area contributed by atoms with Crippen molar-refractivity contribution >= 4 is 5.69 Å². The van der Waals surface area contributed by atoms with Crippen LogP contribution in [0.4, 0.5) is 5.69 Å². The van der Waals surface area contributed by atoms with Crippen molar-refractivity contribution in [1.29, 1.82) is 10.5 Å². The Morgan fingerprint density at radius 2 is 1.67 bits per heavy atom. The number of anilines is 1. The lowest BCUT2D eigenvalue weighted by Gasteiger charge is -2.18. The first kappa shape index (κ1) is 14.1. The number of rotatable bonds is 6. The van der Waals surface area contributed by atoms with E-state index in [1.165, 1.54) is 0 Å². The van der Waals surface area contributed by atoms with Gasteiger partial charge in [-0.1, -0.05) is 26.7 Å². The van der Waals surface area contributed by atoms with E-state index >= 15 is 0 Å². The van der Waals surface area contributed by atoms with Crippen molar-refractivity contribution in [2.24, 2.45) is 0 Å². The first-order valence-electron chi connectivity index (χ1n) is 6.45. The zero-order valence-electron chi connectivity index (χ0n) is 11.0. The topological polar surface area (TPSA) is 59.6 Å². The van der Waals surface area contributed by atoms with Crippen LogP contribution in [0.15, 0.2) is 18.2 Å². The van der Waals surface area contributed by atoms with Crippen LogP contribution in [-0.2, 0) is 0 Å². The first-order chi connectivity index (χ1) is 8.74. The molecule has 0 aliphatic rings. The molecule has 0 radical (unpaired) electrons. The van der Waals surface area contributed by atoms with Crippen LogP contribution in [0.1, 0.15) is 50.7 Å². The normalized spacial score (nSPS) is 9.83. The van der Waals surface area contributed by atoms with Crippen LogP contribution in [0.3, 0.4) is 0 Å². The highest BCUT2D eigenvalue weighted by Crippen LogP contribution is 2.18. The van der Waals surface area contributed by atoms with E-state index in [9.17, 15) is 0 Å². The molecule has 0 aliphatic heterocycles. The Hall–Kier alpha value is -2.00. The Kier molecular flexibility index (Phi) is 5.74. The van der Waals surface area contributed by atoms with Crippen LogP contribution in [0, 0.1) is 22.7 Å². The molecule has 0 saturated carbocycles. The van der Waals surface area contributed by atoms with Crippen molar-refractivity contribution in [2.45, 2.75) is 45.6 Å². The van der Waals surface area contributed by atoms with Gasteiger partial charge in [0.1, 0.15) is 12.1 Å². The van der Waals surface area contributed by atoms with Crippen molar-refractivity contribution in [1.82, 2.24) is 0 Å². The minimum atomic E-state index is 0.436. The smallest absolute Gasteiger partial charge is 0.101 e. The zero-order valence-corrected chi connectivity index (χ0v) is 11.0. The number of nitriles is 2. The highest BCUT2D eigenvalue weighted by atomic mass is 14.9. The van der Waals surface area contributed by atoms with Crippen molar-refractivity contribution in [2.75, 3.05) is 5.32 Å². The molecule has 0 heterocycles. The predicted octanol–water partition coefficient (Wildman–Crippen LogP) is 3.81. The maximum atomic E-state index is 8.99. The third kappa shape index (κ3) is 3.79. The summed E-state index contributed by atoms with van der Waals surface area (Å²) in [6.45, 7) is 4.34. The minimum absolute atomic E-state index is 0.436. The molecule has 0 atom stereocenters. The van der Waals surface area contributed by atoms with E-state index in [1.54, 1.807) is 12.1 Å². The summed E-state index contributed by atoms with van der Waals surface area (Å²) in [7, 11) is 0. The Bertz CT molecular complexity index is 460. The summed E-state index contributed by atoms with van der Waals surface area (Å²) >= 11 is 0. The second-order valence-corrected chi connectivity index (χ2v) is 4.40. The second kappa shape index (κ2) is 7.35. The van der Waals surface area contributed by atoms with E-state index in [4.69, 9.17) is 10.5 Å². The molecule has 0 aliphatic carbocycles. The highest BCUT2D eigenvalue weighted by molar-refractivity contribution is 5.56. The molecule has 0 spiro atoms. The first-order valence-corrected chi connectivity index (χ1v) is 6.45. The van der Waals surface area contributed by atoms with Crippen LogP contribution in [0.2, 0.25) is 0 Å². The fourth-order valence-electron chi connectivity index (χ4n) is 2.05. The lowest BCUT2D eigenvalue weighted by Crippen LogP contribution is -2.18. The molecule has 3 nitrogen and oxygen atoms in total. The van der Waals surface area contributed by atoms with E-state index in [-0.39, 0.29) is 0 Å². The Balaban J connectivity index is 2.84. The lowest BCUT2D eigenvalue weighted by molar-refractivity contribution is 0.586. The van der Waals surface area contributed by atoms with Gasteiger partial charge in [0, 0.05) is 11.7 Å². The molecule has 0 aromatic heterocycles. The van der Waals surface area contributed by atoms with Crippen LogP contribution in [0.5, 0.6) is 0 Å². The predicted molar refractivity (Wildman–Crippen MR) is 73.1 cm³/mol. The summed E-state index contributed by atoms with van der Waals surface area (Å²) < 4.78 is 0. The quantitative estimate of drug-likeness (QED) is 0.823. The number of nitrogens with zero attached hydrogens (tertiary/aromatic N) is 2. The molecule has 1 N–H and O–H groups in total. The summed E-state index contributed by atoms with van der Waals surface area (Å²) in [5.41, 5.74) is 1.80. The van der Waals surface area contributed by atoms with Gasteiger partial charge in [-0.3, -0.25) is 0 Å². The summed E-state index contributed by atoms with van der Waals surface area (Å²) in [6, 6.07) is 9.87. The maximum Gasteiger partial charge on any atom is 0.101 e. The molecule has 3 heteroatoms. The standard InChI is InChI=1S/C15H19N3/c1-3-5-14(6-4-2)18-15-8-7-12(10-16)13(9-15)11-17/h7-9,14,18H,3-6H2,1-2H3. The maximum absolute atomic E-state index is 8.99.